The zero-order valence-electron chi connectivity index (χ0n) is 13.1. The molecule has 0 heterocycles. The summed E-state index contributed by atoms with van der Waals surface area (Å²) in [6, 6.07) is 9.29. The van der Waals surface area contributed by atoms with E-state index in [1.165, 1.54) is 37.7 Å². The molecule has 3 fully saturated rings. The predicted octanol–water partition coefficient (Wildman–Crippen LogP) is 3.65. The first-order valence-corrected chi connectivity index (χ1v) is 8.71. The Kier molecular flexibility index (Phi) is 3.66. The van der Waals surface area contributed by atoms with E-state index in [1.807, 2.05) is 6.07 Å². The van der Waals surface area contributed by atoms with Crippen LogP contribution in [-0.4, -0.2) is 19.7 Å². The molecule has 3 aliphatic carbocycles. The molecule has 1 aromatic rings. The average molecular weight is 285 g/mol. The second kappa shape index (κ2) is 5.64. The third-order valence-corrected chi connectivity index (χ3v) is 6.38. The number of fused-ring (bicyclic) bond motifs is 5. The third-order valence-electron chi connectivity index (χ3n) is 6.38. The molecule has 2 bridgehead atoms. The van der Waals surface area contributed by atoms with Crippen LogP contribution < -0.4 is 10.1 Å². The van der Waals surface area contributed by atoms with Gasteiger partial charge in [0.1, 0.15) is 5.75 Å². The van der Waals surface area contributed by atoms with Gasteiger partial charge in [-0.15, -0.1) is 0 Å². The SMILES string of the molecule is COc1cccc(CCNC2CC3CC2C2CCCC32)c1. The van der Waals surface area contributed by atoms with E-state index < -0.39 is 0 Å². The highest BCUT2D eigenvalue weighted by molar-refractivity contribution is 5.28. The molecule has 4 rings (SSSR count). The smallest absolute Gasteiger partial charge is 0.119 e. The van der Waals surface area contributed by atoms with Crippen molar-refractivity contribution in [1.29, 1.82) is 0 Å². The van der Waals surface area contributed by atoms with E-state index in [1.54, 1.807) is 7.11 Å². The van der Waals surface area contributed by atoms with Crippen molar-refractivity contribution in [1.82, 2.24) is 5.32 Å². The van der Waals surface area contributed by atoms with E-state index in [0.717, 1.165) is 48.4 Å². The van der Waals surface area contributed by atoms with E-state index in [0.29, 0.717) is 0 Å². The third kappa shape index (κ3) is 2.48. The predicted molar refractivity (Wildman–Crippen MR) is 85.5 cm³/mol. The van der Waals surface area contributed by atoms with Crippen molar-refractivity contribution in [2.45, 2.75) is 44.6 Å². The highest BCUT2D eigenvalue weighted by Crippen LogP contribution is 2.58. The van der Waals surface area contributed by atoms with E-state index in [-0.39, 0.29) is 0 Å². The van der Waals surface area contributed by atoms with Crippen LogP contribution in [0, 0.1) is 23.7 Å². The molecule has 21 heavy (non-hydrogen) atoms. The summed E-state index contributed by atoms with van der Waals surface area (Å²) in [6.45, 7) is 1.11. The number of methoxy groups -OCH3 is 1. The minimum Gasteiger partial charge on any atom is -0.497 e. The van der Waals surface area contributed by atoms with Crippen molar-refractivity contribution in [2.24, 2.45) is 23.7 Å². The van der Waals surface area contributed by atoms with Crippen LogP contribution in [0.1, 0.15) is 37.7 Å². The van der Waals surface area contributed by atoms with Gasteiger partial charge in [-0.3, -0.25) is 0 Å². The first-order chi connectivity index (χ1) is 10.3. The summed E-state index contributed by atoms with van der Waals surface area (Å²) >= 11 is 0. The topological polar surface area (TPSA) is 21.3 Å². The van der Waals surface area contributed by atoms with Crippen LogP contribution in [0.4, 0.5) is 0 Å². The first kappa shape index (κ1) is 13.6. The Morgan fingerprint density at radius 2 is 2.05 bits per heavy atom. The van der Waals surface area contributed by atoms with Crippen molar-refractivity contribution >= 4 is 0 Å². The van der Waals surface area contributed by atoms with Gasteiger partial charge in [0.25, 0.3) is 0 Å². The summed E-state index contributed by atoms with van der Waals surface area (Å²) in [5.41, 5.74) is 1.38. The molecule has 3 aliphatic rings. The zero-order valence-corrected chi connectivity index (χ0v) is 13.1. The first-order valence-electron chi connectivity index (χ1n) is 8.71. The molecule has 0 spiro atoms. The lowest BCUT2D eigenvalue weighted by molar-refractivity contribution is 0.209. The molecular formula is C19H27NO. The molecule has 0 aromatic heterocycles. The van der Waals surface area contributed by atoms with Gasteiger partial charge in [0.2, 0.25) is 0 Å². The number of hydrogen-bond acceptors (Lipinski definition) is 2. The van der Waals surface area contributed by atoms with Crippen LogP contribution in [0.5, 0.6) is 5.75 Å². The second-order valence-corrected chi connectivity index (χ2v) is 7.32. The maximum Gasteiger partial charge on any atom is 0.119 e. The van der Waals surface area contributed by atoms with Crippen LogP contribution in [0.2, 0.25) is 0 Å². The molecular weight excluding hydrogens is 258 g/mol. The van der Waals surface area contributed by atoms with E-state index in [9.17, 15) is 0 Å². The summed E-state index contributed by atoms with van der Waals surface area (Å²) in [4.78, 5) is 0. The fraction of sp³-hybridized carbons (Fsp3) is 0.684. The molecule has 114 valence electrons. The van der Waals surface area contributed by atoms with Gasteiger partial charge in [-0.1, -0.05) is 18.6 Å². The highest BCUT2D eigenvalue weighted by atomic mass is 16.5. The molecule has 5 unspecified atom stereocenters. The summed E-state index contributed by atoms with van der Waals surface area (Å²) in [7, 11) is 1.74. The van der Waals surface area contributed by atoms with Gasteiger partial charge >= 0.3 is 0 Å². The molecule has 0 aliphatic heterocycles. The molecule has 0 saturated heterocycles. The van der Waals surface area contributed by atoms with Gasteiger partial charge in [-0.2, -0.15) is 0 Å². The van der Waals surface area contributed by atoms with Crippen LogP contribution in [0.15, 0.2) is 24.3 Å². The van der Waals surface area contributed by atoms with Gasteiger partial charge in [0.05, 0.1) is 7.11 Å². The number of nitrogens with one attached hydrogen (secondary N) is 1. The fourth-order valence-corrected chi connectivity index (χ4v) is 5.53. The van der Waals surface area contributed by atoms with Gasteiger partial charge in [-0.05, 0) is 80.0 Å². The van der Waals surface area contributed by atoms with E-state index in [4.69, 9.17) is 4.74 Å². The van der Waals surface area contributed by atoms with Crippen LogP contribution in [0.25, 0.3) is 0 Å². The monoisotopic (exact) mass is 285 g/mol. The Labute approximate surface area is 128 Å². The summed E-state index contributed by atoms with van der Waals surface area (Å²) in [5, 5.41) is 3.87. The largest absolute Gasteiger partial charge is 0.497 e. The average Bonchev–Trinajstić information content (AvgIpc) is 3.20. The Hall–Kier alpha value is -1.02. The quantitative estimate of drug-likeness (QED) is 0.891. The molecule has 0 radical (unpaired) electrons. The lowest BCUT2D eigenvalue weighted by atomic mass is 9.79. The van der Waals surface area contributed by atoms with Gasteiger partial charge in [0.15, 0.2) is 0 Å². The maximum absolute atomic E-state index is 5.30. The van der Waals surface area contributed by atoms with Crippen LogP contribution in [0.3, 0.4) is 0 Å². The van der Waals surface area contributed by atoms with Gasteiger partial charge < -0.3 is 10.1 Å². The van der Waals surface area contributed by atoms with Crippen molar-refractivity contribution < 1.29 is 4.74 Å². The molecule has 2 nitrogen and oxygen atoms in total. The van der Waals surface area contributed by atoms with E-state index in [2.05, 4.69) is 23.5 Å². The van der Waals surface area contributed by atoms with Gasteiger partial charge in [-0.25, -0.2) is 0 Å². The van der Waals surface area contributed by atoms with Crippen molar-refractivity contribution in [3.8, 4) is 5.75 Å². The van der Waals surface area contributed by atoms with Crippen LogP contribution >= 0.6 is 0 Å². The van der Waals surface area contributed by atoms with Crippen molar-refractivity contribution in [3.05, 3.63) is 29.8 Å². The Balaban J connectivity index is 1.30. The Bertz CT molecular complexity index is 500. The number of ether oxygens (including phenoxy) is 1. The lowest BCUT2D eigenvalue weighted by Gasteiger charge is -2.32. The van der Waals surface area contributed by atoms with Crippen LogP contribution in [-0.2, 0) is 6.42 Å². The lowest BCUT2D eigenvalue weighted by Crippen LogP contribution is -2.40. The molecule has 2 heteroatoms. The number of hydrogen-bond donors (Lipinski definition) is 1. The molecule has 1 N–H and O–H groups in total. The van der Waals surface area contributed by atoms with Crippen molar-refractivity contribution in [2.75, 3.05) is 13.7 Å². The zero-order chi connectivity index (χ0) is 14.2. The summed E-state index contributed by atoms with van der Waals surface area (Å²) in [6.07, 6.45) is 8.62. The Morgan fingerprint density at radius 1 is 1.14 bits per heavy atom. The summed E-state index contributed by atoms with van der Waals surface area (Å²) in [5.74, 6) is 5.19. The molecule has 3 saturated carbocycles. The minimum absolute atomic E-state index is 0.806. The van der Waals surface area contributed by atoms with Gasteiger partial charge in [0, 0.05) is 6.04 Å². The standard InChI is InChI=1S/C19H27NO/c1-21-15-5-2-4-13(10-15)8-9-20-19-12-14-11-18(19)17-7-3-6-16(14)17/h2,4-5,10,14,16-20H,3,6-9,11-12H2,1H3. The van der Waals surface area contributed by atoms with Crippen molar-refractivity contribution in [3.63, 3.8) is 0 Å². The molecule has 0 amide bonds. The summed E-state index contributed by atoms with van der Waals surface area (Å²) < 4.78 is 5.30. The minimum atomic E-state index is 0.806. The highest BCUT2D eigenvalue weighted by Gasteiger charge is 2.53. The fourth-order valence-electron chi connectivity index (χ4n) is 5.53. The normalized spacial score (nSPS) is 36.9. The number of benzene rings is 1. The van der Waals surface area contributed by atoms with E-state index >= 15 is 0 Å². The molecule has 1 aromatic carbocycles. The number of rotatable bonds is 5. The maximum atomic E-state index is 5.30. The Morgan fingerprint density at radius 3 is 2.95 bits per heavy atom. The second-order valence-electron chi connectivity index (χ2n) is 7.32. The molecule has 5 atom stereocenters.